The van der Waals surface area contributed by atoms with E-state index in [-0.39, 0.29) is 17.9 Å². The lowest BCUT2D eigenvalue weighted by atomic mass is 9.85. The SMILES string of the molecule is C#CC(=O)N1CC(c2c(C)c(Cl)cc(C(C)n3nc(C)c4c(N)ncnc43)c2OC)C1. The van der Waals surface area contributed by atoms with Gasteiger partial charge in [0.2, 0.25) is 0 Å². The van der Waals surface area contributed by atoms with Crippen LogP contribution in [0.25, 0.3) is 11.0 Å². The van der Waals surface area contributed by atoms with Crippen LogP contribution in [-0.2, 0) is 4.79 Å². The topological polar surface area (TPSA) is 99.2 Å². The van der Waals surface area contributed by atoms with Crippen LogP contribution in [0.2, 0.25) is 5.02 Å². The van der Waals surface area contributed by atoms with Gasteiger partial charge in [-0.15, -0.1) is 6.42 Å². The monoisotopic (exact) mass is 438 g/mol. The third-order valence-corrected chi connectivity index (χ3v) is 6.36. The minimum absolute atomic E-state index is 0.0889. The Morgan fingerprint density at radius 2 is 2.10 bits per heavy atom. The van der Waals surface area contributed by atoms with Gasteiger partial charge in [-0.2, -0.15) is 5.10 Å². The average molecular weight is 439 g/mol. The first-order valence-corrected chi connectivity index (χ1v) is 10.2. The maximum absolute atomic E-state index is 11.8. The molecule has 0 bridgehead atoms. The lowest BCUT2D eigenvalue weighted by molar-refractivity contribution is -0.129. The van der Waals surface area contributed by atoms with Gasteiger partial charge in [0, 0.05) is 35.2 Å². The molecule has 0 aliphatic carbocycles. The summed E-state index contributed by atoms with van der Waals surface area (Å²) in [5, 5.41) is 6.03. The van der Waals surface area contributed by atoms with E-state index in [1.54, 1.807) is 12.0 Å². The number of nitrogen functional groups attached to an aromatic ring is 1. The number of hydrogen-bond acceptors (Lipinski definition) is 6. The highest BCUT2D eigenvalue weighted by molar-refractivity contribution is 6.31. The number of carbonyl (C=O) groups is 1. The number of rotatable bonds is 4. The third-order valence-electron chi connectivity index (χ3n) is 5.97. The predicted octanol–water partition coefficient (Wildman–Crippen LogP) is 2.86. The van der Waals surface area contributed by atoms with Crippen molar-refractivity contribution in [1.29, 1.82) is 0 Å². The van der Waals surface area contributed by atoms with Crippen LogP contribution in [0.4, 0.5) is 5.82 Å². The molecule has 1 saturated heterocycles. The number of fused-ring (bicyclic) bond motifs is 1. The molecular formula is C22H23ClN6O2. The number of methoxy groups -OCH3 is 1. The second kappa shape index (κ2) is 7.75. The zero-order chi connectivity index (χ0) is 22.4. The van der Waals surface area contributed by atoms with E-state index in [0.717, 1.165) is 33.5 Å². The highest BCUT2D eigenvalue weighted by Gasteiger charge is 2.36. The van der Waals surface area contributed by atoms with Gasteiger partial charge >= 0.3 is 0 Å². The highest BCUT2D eigenvalue weighted by atomic mass is 35.5. The maximum Gasteiger partial charge on any atom is 0.298 e. The van der Waals surface area contributed by atoms with E-state index in [2.05, 4.69) is 21.0 Å². The number of carbonyl (C=O) groups excluding carboxylic acids is 1. The van der Waals surface area contributed by atoms with Crippen molar-refractivity contribution in [2.24, 2.45) is 0 Å². The summed E-state index contributed by atoms with van der Waals surface area (Å²) >= 11 is 6.64. The minimum atomic E-state index is -0.306. The first-order valence-electron chi connectivity index (χ1n) is 9.86. The summed E-state index contributed by atoms with van der Waals surface area (Å²) in [5.74, 6) is 3.07. The molecule has 9 heteroatoms. The quantitative estimate of drug-likeness (QED) is 0.629. The molecule has 3 heterocycles. The molecule has 1 unspecified atom stereocenters. The first-order chi connectivity index (χ1) is 14.8. The van der Waals surface area contributed by atoms with Gasteiger partial charge in [-0.05, 0) is 38.3 Å². The molecule has 1 aromatic carbocycles. The normalized spacial score (nSPS) is 14.9. The Kier molecular flexibility index (Phi) is 5.23. The summed E-state index contributed by atoms with van der Waals surface area (Å²) in [4.78, 5) is 21.9. The molecule has 3 aromatic rings. The van der Waals surface area contributed by atoms with Gasteiger partial charge in [0.15, 0.2) is 5.65 Å². The van der Waals surface area contributed by atoms with Crippen molar-refractivity contribution in [1.82, 2.24) is 24.6 Å². The molecule has 2 N–H and O–H groups in total. The van der Waals surface area contributed by atoms with Gasteiger partial charge in [0.1, 0.15) is 17.9 Å². The summed E-state index contributed by atoms with van der Waals surface area (Å²) in [6.45, 7) is 6.90. The third kappa shape index (κ3) is 3.26. The van der Waals surface area contributed by atoms with E-state index in [9.17, 15) is 4.79 Å². The predicted molar refractivity (Wildman–Crippen MR) is 119 cm³/mol. The highest BCUT2D eigenvalue weighted by Crippen LogP contribution is 2.44. The largest absolute Gasteiger partial charge is 0.496 e. The lowest BCUT2D eigenvalue weighted by Gasteiger charge is -2.40. The zero-order valence-electron chi connectivity index (χ0n) is 17.8. The molecule has 1 atom stereocenters. The van der Waals surface area contributed by atoms with Crippen LogP contribution < -0.4 is 10.5 Å². The number of nitrogens with zero attached hydrogens (tertiary/aromatic N) is 5. The number of aromatic nitrogens is 4. The second-order valence-corrected chi connectivity index (χ2v) is 8.14. The van der Waals surface area contributed by atoms with Gasteiger partial charge < -0.3 is 15.4 Å². The van der Waals surface area contributed by atoms with Crippen LogP contribution in [0.5, 0.6) is 5.75 Å². The average Bonchev–Trinajstić information content (AvgIpc) is 3.06. The van der Waals surface area contributed by atoms with Crippen molar-refractivity contribution in [3.05, 3.63) is 39.8 Å². The summed E-state index contributed by atoms with van der Waals surface area (Å²) in [5.41, 5.74) is 10.2. The molecule has 0 saturated carbocycles. The van der Waals surface area contributed by atoms with E-state index >= 15 is 0 Å². The molecule has 8 nitrogen and oxygen atoms in total. The van der Waals surface area contributed by atoms with Crippen LogP contribution in [0.3, 0.4) is 0 Å². The molecule has 1 amide bonds. The van der Waals surface area contributed by atoms with Crippen molar-refractivity contribution in [2.75, 3.05) is 25.9 Å². The van der Waals surface area contributed by atoms with Crippen LogP contribution in [-0.4, -0.2) is 50.8 Å². The maximum atomic E-state index is 11.8. The molecule has 1 aliphatic heterocycles. The number of hydrogen-bond donors (Lipinski definition) is 1. The van der Waals surface area contributed by atoms with Crippen molar-refractivity contribution in [3.63, 3.8) is 0 Å². The van der Waals surface area contributed by atoms with Crippen molar-refractivity contribution >= 4 is 34.4 Å². The molecule has 31 heavy (non-hydrogen) atoms. The number of aryl methyl sites for hydroxylation is 1. The Hall–Kier alpha value is -3.31. The van der Waals surface area contributed by atoms with Crippen molar-refractivity contribution in [3.8, 4) is 18.1 Å². The van der Waals surface area contributed by atoms with E-state index in [1.165, 1.54) is 6.33 Å². The molecule has 2 aromatic heterocycles. The fourth-order valence-electron chi connectivity index (χ4n) is 4.28. The fourth-order valence-corrected chi connectivity index (χ4v) is 4.50. The van der Waals surface area contributed by atoms with Crippen molar-refractivity contribution in [2.45, 2.75) is 32.7 Å². The summed E-state index contributed by atoms with van der Waals surface area (Å²) in [6.07, 6.45) is 6.68. The molecule has 0 spiro atoms. The summed E-state index contributed by atoms with van der Waals surface area (Å²) in [7, 11) is 1.64. The number of nitrogens with two attached hydrogens (primary N) is 1. The molecule has 1 fully saturated rings. The smallest absolute Gasteiger partial charge is 0.298 e. The number of anilines is 1. The van der Waals surface area contributed by atoms with Crippen molar-refractivity contribution < 1.29 is 9.53 Å². The number of terminal acetylenes is 1. The Morgan fingerprint density at radius 3 is 2.74 bits per heavy atom. The van der Waals surface area contributed by atoms with Gasteiger partial charge in [0.25, 0.3) is 5.91 Å². The number of amides is 1. The summed E-state index contributed by atoms with van der Waals surface area (Å²) in [6, 6.07) is 1.67. The number of likely N-dealkylation sites (tertiary alicyclic amines) is 1. The van der Waals surface area contributed by atoms with Gasteiger partial charge in [-0.3, -0.25) is 4.79 Å². The lowest BCUT2D eigenvalue weighted by Crippen LogP contribution is -2.48. The Labute approximate surface area is 185 Å². The van der Waals surface area contributed by atoms with Gasteiger partial charge in [-0.1, -0.05) is 11.6 Å². The zero-order valence-corrected chi connectivity index (χ0v) is 18.6. The molecule has 0 radical (unpaired) electrons. The van der Waals surface area contributed by atoms with Crippen LogP contribution >= 0.6 is 11.6 Å². The number of halogens is 1. The van der Waals surface area contributed by atoms with Crippen LogP contribution in [0, 0.1) is 26.2 Å². The first kappa shape index (κ1) is 20.9. The number of benzene rings is 1. The van der Waals surface area contributed by atoms with Gasteiger partial charge in [0.05, 0.1) is 24.2 Å². The van der Waals surface area contributed by atoms with Crippen LogP contribution in [0.15, 0.2) is 12.4 Å². The van der Waals surface area contributed by atoms with E-state index in [0.29, 0.717) is 29.6 Å². The molecule has 1 aliphatic rings. The number of ether oxygens (including phenoxy) is 1. The molecule has 4 rings (SSSR count). The Balaban J connectivity index is 1.82. The standard InChI is InChI=1S/C22H23ClN6O2/c1-6-17(30)28-8-14(9-28)18-11(2)16(23)7-15(20(18)31-5)13(4)29-22-19(12(3)27-29)21(24)25-10-26-22/h1,7,10,13-14H,8-9H2,2-5H3,(H2,24,25,26). The molecule has 160 valence electrons. The van der Waals surface area contributed by atoms with E-state index in [1.807, 2.05) is 31.5 Å². The molecular weight excluding hydrogens is 416 g/mol. The Bertz CT molecular complexity index is 1240. The summed E-state index contributed by atoms with van der Waals surface area (Å²) < 4.78 is 7.69. The van der Waals surface area contributed by atoms with E-state index in [4.69, 9.17) is 28.5 Å². The van der Waals surface area contributed by atoms with Crippen LogP contribution in [0.1, 0.15) is 41.3 Å². The van der Waals surface area contributed by atoms with E-state index < -0.39 is 0 Å². The Morgan fingerprint density at radius 1 is 1.39 bits per heavy atom. The second-order valence-electron chi connectivity index (χ2n) is 7.73. The fraction of sp³-hybridized carbons (Fsp3) is 0.364. The minimum Gasteiger partial charge on any atom is -0.496 e. The van der Waals surface area contributed by atoms with Gasteiger partial charge in [-0.25, -0.2) is 14.6 Å².